The Labute approximate surface area is 129 Å². The number of rotatable bonds is 2. The lowest BCUT2D eigenvalue weighted by atomic mass is 10.2. The molecule has 0 radical (unpaired) electrons. The van der Waals surface area contributed by atoms with Crippen LogP contribution in [0.4, 0.5) is 16.2 Å². The summed E-state index contributed by atoms with van der Waals surface area (Å²) in [5, 5.41) is -0.411. The van der Waals surface area contributed by atoms with Gasteiger partial charge in [-0.25, -0.2) is 4.79 Å². The van der Waals surface area contributed by atoms with Gasteiger partial charge < -0.3 is 20.9 Å². The maximum atomic E-state index is 10.7. The van der Waals surface area contributed by atoms with Gasteiger partial charge in [0.25, 0.3) is 0 Å². The molecule has 0 atom stereocenters. The molecule has 4 N–H and O–H groups in total. The molecule has 0 bridgehead atoms. The topological polar surface area (TPSA) is 87.6 Å². The van der Waals surface area contributed by atoms with Crippen molar-refractivity contribution < 1.29 is 14.3 Å². The molecule has 0 aliphatic heterocycles. The van der Waals surface area contributed by atoms with E-state index in [2.05, 4.69) is 17.0 Å². The first kappa shape index (κ1) is 18.5. The summed E-state index contributed by atoms with van der Waals surface area (Å²) < 4.78 is 9.68. The summed E-state index contributed by atoms with van der Waals surface area (Å²) in [6.45, 7) is 6.32. The Morgan fingerprint density at radius 2 is 1.85 bits per heavy atom. The van der Waals surface area contributed by atoms with Gasteiger partial charge in [0.2, 0.25) is 4.38 Å². The Balaban J connectivity index is 0.000000367. The summed E-state index contributed by atoms with van der Waals surface area (Å²) in [4.78, 5) is 10.7. The van der Waals surface area contributed by atoms with Crippen molar-refractivity contribution in [1.29, 1.82) is 0 Å². The van der Waals surface area contributed by atoms with Gasteiger partial charge in [-0.15, -0.1) is 0 Å². The van der Waals surface area contributed by atoms with Crippen LogP contribution < -0.4 is 11.5 Å². The Morgan fingerprint density at radius 1 is 1.25 bits per heavy atom. The first-order chi connectivity index (χ1) is 9.42. The SMILES string of the molecule is CCOC(=O)SC(=S)OCC.Cc1cccc(N)c1N. The highest BCUT2D eigenvalue weighted by Gasteiger charge is 2.07. The summed E-state index contributed by atoms with van der Waals surface area (Å²) in [5.41, 5.74) is 13.4. The number of benzene rings is 1. The summed E-state index contributed by atoms with van der Waals surface area (Å²) in [7, 11) is 0. The molecule has 0 amide bonds. The fourth-order valence-corrected chi connectivity index (χ4v) is 1.88. The van der Waals surface area contributed by atoms with Crippen LogP contribution in [-0.2, 0) is 9.47 Å². The number of aryl methyl sites for hydroxylation is 1. The molecule has 1 aromatic carbocycles. The highest BCUT2D eigenvalue weighted by atomic mass is 32.2. The number of para-hydroxylation sites is 1. The molecule has 0 saturated carbocycles. The summed E-state index contributed by atoms with van der Waals surface area (Å²) in [5.74, 6) is 0. The number of thiocarbonyl (C=S) groups is 1. The number of hydrogen-bond acceptors (Lipinski definition) is 7. The Hall–Kier alpha value is -1.47. The molecule has 0 fully saturated rings. The van der Waals surface area contributed by atoms with Gasteiger partial charge in [-0.1, -0.05) is 12.1 Å². The third-order valence-corrected chi connectivity index (χ3v) is 2.99. The van der Waals surface area contributed by atoms with Crippen molar-refractivity contribution in [2.24, 2.45) is 0 Å². The molecule has 0 unspecified atom stereocenters. The van der Waals surface area contributed by atoms with Crippen LogP contribution in [0.2, 0.25) is 0 Å². The normalized spacial score (nSPS) is 9.15. The number of nitrogen functional groups attached to an aromatic ring is 2. The van der Waals surface area contributed by atoms with Crippen molar-refractivity contribution >= 4 is 45.0 Å². The van der Waals surface area contributed by atoms with Gasteiger partial charge in [-0.3, -0.25) is 0 Å². The van der Waals surface area contributed by atoms with Crippen molar-refractivity contribution in [2.45, 2.75) is 20.8 Å². The maximum absolute atomic E-state index is 10.7. The van der Waals surface area contributed by atoms with E-state index in [1.165, 1.54) is 0 Å². The molecule has 112 valence electrons. The minimum absolute atomic E-state index is 0.214. The van der Waals surface area contributed by atoms with E-state index in [-0.39, 0.29) is 4.38 Å². The second-order valence-electron chi connectivity index (χ2n) is 3.55. The predicted octanol–water partition coefficient (Wildman–Crippen LogP) is 3.36. The zero-order chi connectivity index (χ0) is 15.5. The van der Waals surface area contributed by atoms with E-state index >= 15 is 0 Å². The van der Waals surface area contributed by atoms with Crippen LogP contribution >= 0.6 is 24.0 Å². The summed E-state index contributed by atoms with van der Waals surface area (Å²) in [6.07, 6.45) is 0. The standard InChI is InChI=1S/C7H10N2.C6H10O3S2/c1-5-3-2-4-6(8)7(5)9;1-3-8-5(7)11-6(10)9-4-2/h2-4H,8-9H2,1H3;3-4H2,1-2H3. The molecule has 0 aliphatic rings. The first-order valence-corrected chi connectivity index (χ1v) is 7.26. The molecule has 0 spiro atoms. The second kappa shape index (κ2) is 10.3. The van der Waals surface area contributed by atoms with Crippen LogP contribution in [0.5, 0.6) is 0 Å². The summed E-state index contributed by atoms with van der Waals surface area (Å²) >= 11 is 5.48. The van der Waals surface area contributed by atoms with Gasteiger partial charge >= 0.3 is 5.30 Å². The van der Waals surface area contributed by atoms with E-state index in [9.17, 15) is 4.79 Å². The van der Waals surface area contributed by atoms with Crippen LogP contribution in [0.1, 0.15) is 19.4 Å². The largest absolute Gasteiger partial charge is 0.478 e. The van der Waals surface area contributed by atoms with Crippen molar-refractivity contribution in [2.75, 3.05) is 24.7 Å². The fourth-order valence-electron chi connectivity index (χ4n) is 1.07. The lowest BCUT2D eigenvalue weighted by Crippen LogP contribution is -2.03. The monoisotopic (exact) mass is 316 g/mol. The van der Waals surface area contributed by atoms with Crippen molar-refractivity contribution in [3.8, 4) is 0 Å². The van der Waals surface area contributed by atoms with E-state index in [0.29, 0.717) is 24.6 Å². The Kier molecular flexibility index (Phi) is 9.57. The van der Waals surface area contributed by atoms with Gasteiger partial charge in [0.1, 0.15) is 0 Å². The lowest BCUT2D eigenvalue weighted by Gasteiger charge is -2.02. The zero-order valence-corrected chi connectivity index (χ0v) is 13.5. The predicted molar refractivity (Wildman–Crippen MR) is 88.8 cm³/mol. The van der Waals surface area contributed by atoms with Crippen LogP contribution in [-0.4, -0.2) is 22.9 Å². The minimum Gasteiger partial charge on any atom is -0.478 e. The number of nitrogens with two attached hydrogens (primary N) is 2. The van der Waals surface area contributed by atoms with Crippen molar-refractivity contribution in [1.82, 2.24) is 0 Å². The molecule has 5 nitrogen and oxygen atoms in total. The molecular weight excluding hydrogens is 296 g/mol. The molecule has 1 aromatic rings. The Morgan fingerprint density at radius 3 is 2.30 bits per heavy atom. The molecule has 0 aromatic heterocycles. The molecule has 20 heavy (non-hydrogen) atoms. The molecule has 0 heterocycles. The molecule has 1 rings (SSSR count). The zero-order valence-electron chi connectivity index (χ0n) is 11.8. The van der Waals surface area contributed by atoms with Gasteiger partial charge in [-0.05, 0) is 44.6 Å². The number of carbonyl (C=O) groups is 1. The number of carbonyl (C=O) groups excluding carboxylic acids is 1. The summed E-state index contributed by atoms with van der Waals surface area (Å²) in [6, 6.07) is 5.62. The van der Waals surface area contributed by atoms with Gasteiger partial charge in [-0.2, -0.15) is 0 Å². The van der Waals surface area contributed by atoms with Crippen molar-refractivity contribution in [3.63, 3.8) is 0 Å². The quantitative estimate of drug-likeness (QED) is 0.491. The van der Waals surface area contributed by atoms with Crippen LogP contribution in [0.15, 0.2) is 18.2 Å². The number of anilines is 2. The van der Waals surface area contributed by atoms with E-state index in [1.54, 1.807) is 19.9 Å². The lowest BCUT2D eigenvalue weighted by molar-refractivity contribution is 0.181. The highest BCUT2D eigenvalue weighted by Crippen LogP contribution is 2.17. The molecular formula is C13H20N2O3S2. The van der Waals surface area contributed by atoms with E-state index in [1.807, 2.05) is 19.1 Å². The fraction of sp³-hybridized carbons (Fsp3) is 0.385. The highest BCUT2D eigenvalue weighted by molar-refractivity contribution is 8.32. The average Bonchev–Trinajstić information content (AvgIpc) is 2.37. The number of thioether (sulfide) groups is 1. The average molecular weight is 316 g/mol. The van der Waals surface area contributed by atoms with Gasteiger partial charge in [0.15, 0.2) is 0 Å². The third kappa shape index (κ3) is 7.85. The molecule has 0 saturated heterocycles. The molecule has 0 aliphatic carbocycles. The number of hydrogen-bond donors (Lipinski definition) is 2. The van der Waals surface area contributed by atoms with Crippen molar-refractivity contribution in [3.05, 3.63) is 23.8 Å². The van der Waals surface area contributed by atoms with Crippen LogP contribution in [0.25, 0.3) is 0 Å². The van der Waals surface area contributed by atoms with E-state index in [4.69, 9.17) is 16.2 Å². The second-order valence-corrected chi connectivity index (χ2v) is 5.08. The number of ether oxygens (including phenoxy) is 2. The molecule has 7 heteroatoms. The van der Waals surface area contributed by atoms with Gasteiger partial charge in [0.05, 0.1) is 24.6 Å². The smallest absolute Gasteiger partial charge is 0.375 e. The van der Waals surface area contributed by atoms with E-state index < -0.39 is 5.30 Å². The van der Waals surface area contributed by atoms with Gasteiger partial charge in [0, 0.05) is 11.8 Å². The van der Waals surface area contributed by atoms with Crippen LogP contribution in [0.3, 0.4) is 0 Å². The first-order valence-electron chi connectivity index (χ1n) is 6.04. The Bertz CT molecular complexity index is 417. The van der Waals surface area contributed by atoms with E-state index in [0.717, 1.165) is 17.3 Å². The third-order valence-electron chi connectivity index (χ3n) is 2.05. The maximum Gasteiger partial charge on any atom is 0.375 e. The van der Waals surface area contributed by atoms with Crippen LogP contribution in [0, 0.1) is 6.92 Å². The minimum atomic E-state index is -0.411.